The zero-order chi connectivity index (χ0) is 15.2. The van der Waals surface area contributed by atoms with E-state index in [4.69, 9.17) is 8.83 Å². The van der Waals surface area contributed by atoms with Crippen molar-refractivity contribution in [2.24, 2.45) is 5.92 Å². The van der Waals surface area contributed by atoms with Gasteiger partial charge in [0.15, 0.2) is 5.76 Å². The first kappa shape index (κ1) is 15.1. The Bertz CT molecular complexity index is 591. The van der Waals surface area contributed by atoms with E-state index in [0.717, 1.165) is 6.54 Å². The molecule has 1 saturated carbocycles. The molecular formula is C15H19N3O3S. The molecule has 0 aliphatic heterocycles. The Morgan fingerprint density at radius 1 is 1.32 bits per heavy atom. The first-order chi connectivity index (χ1) is 10.8. The fraction of sp³-hybridized carbons (Fsp3) is 0.533. The summed E-state index contributed by atoms with van der Waals surface area (Å²) in [6.45, 7) is 0.779. The quantitative estimate of drug-likeness (QED) is 0.823. The SMILES string of the molecule is O=C(CSc1nnc(-c2ccco2)o1)NCC1CCCCC1. The first-order valence-corrected chi connectivity index (χ1v) is 8.57. The van der Waals surface area contributed by atoms with Crippen molar-refractivity contribution in [3.8, 4) is 11.7 Å². The number of nitrogens with zero attached hydrogens (tertiary/aromatic N) is 2. The summed E-state index contributed by atoms with van der Waals surface area (Å²) in [6, 6.07) is 3.50. The van der Waals surface area contributed by atoms with Gasteiger partial charge in [-0.3, -0.25) is 4.79 Å². The van der Waals surface area contributed by atoms with E-state index in [-0.39, 0.29) is 11.7 Å². The van der Waals surface area contributed by atoms with Crippen molar-refractivity contribution in [2.45, 2.75) is 37.3 Å². The molecule has 2 aromatic rings. The molecule has 0 bridgehead atoms. The van der Waals surface area contributed by atoms with Crippen LogP contribution in [0.25, 0.3) is 11.7 Å². The van der Waals surface area contributed by atoms with Gasteiger partial charge >= 0.3 is 0 Å². The Morgan fingerprint density at radius 2 is 2.18 bits per heavy atom. The molecule has 6 nitrogen and oxygen atoms in total. The average Bonchev–Trinajstić information content (AvgIpc) is 3.22. The van der Waals surface area contributed by atoms with Gasteiger partial charge in [0.1, 0.15) is 0 Å². The van der Waals surface area contributed by atoms with Gasteiger partial charge in [-0.1, -0.05) is 31.0 Å². The lowest BCUT2D eigenvalue weighted by molar-refractivity contribution is -0.118. The predicted molar refractivity (Wildman–Crippen MR) is 82.3 cm³/mol. The van der Waals surface area contributed by atoms with Gasteiger partial charge in [-0.2, -0.15) is 0 Å². The van der Waals surface area contributed by atoms with Gasteiger partial charge in [0.2, 0.25) is 5.91 Å². The monoisotopic (exact) mass is 321 g/mol. The molecule has 1 aliphatic rings. The maximum absolute atomic E-state index is 11.9. The Morgan fingerprint density at radius 3 is 2.95 bits per heavy atom. The molecule has 1 aliphatic carbocycles. The van der Waals surface area contributed by atoms with Crippen LogP contribution >= 0.6 is 11.8 Å². The lowest BCUT2D eigenvalue weighted by Gasteiger charge is -2.21. The van der Waals surface area contributed by atoms with Crippen LogP contribution in [0.1, 0.15) is 32.1 Å². The van der Waals surface area contributed by atoms with Gasteiger partial charge in [-0.05, 0) is 30.9 Å². The normalized spacial score (nSPS) is 15.8. The van der Waals surface area contributed by atoms with E-state index in [1.165, 1.54) is 43.9 Å². The minimum Gasteiger partial charge on any atom is -0.459 e. The maximum Gasteiger partial charge on any atom is 0.284 e. The molecule has 0 spiro atoms. The molecule has 0 saturated heterocycles. The molecular weight excluding hydrogens is 302 g/mol. The van der Waals surface area contributed by atoms with Crippen LogP contribution in [0.5, 0.6) is 0 Å². The number of hydrogen-bond donors (Lipinski definition) is 1. The number of amides is 1. The molecule has 2 heterocycles. The molecule has 1 fully saturated rings. The van der Waals surface area contributed by atoms with E-state index < -0.39 is 0 Å². The minimum absolute atomic E-state index is 0.00771. The number of furan rings is 1. The van der Waals surface area contributed by atoms with Crippen LogP contribution in [-0.2, 0) is 4.79 Å². The van der Waals surface area contributed by atoms with E-state index in [1.807, 2.05) is 0 Å². The molecule has 0 unspecified atom stereocenters. The highest BCUT2D eigenvalue weighted by molar-refractivity contribution is 7.99. The predicted octanol–water partition coefficient (Wildman–Crippen LogP) is 3.12. The zero-order valence-electron chi connectivity index (χ0n) is 12.3. The Labute approximate surface area is 133 Å². The molecule has 0 radical (unpaired) electrons. The highest BCUT2D eigenvalue weighted by Crippen LogP contribution is 2.24. The van der Waals surface area contributed by atoms with E-state index in [2.05, 4.69) is 15.5 Å². The summed E-state index contributed by atoms with van der Waals surface area (Å²) in [5.41, 5.74) is 0. The van der Waals surface area contributed by atoms with Gasteiger partial charge in [-0.15, -0.1) is 10.2 Å². The fourth-order valence-corrected chi connectivity index (χ4v) is 3.19. The Balaban J connectivity index is 1.41. The lowest BCUT2D eigenvalue weighted by atomic mass is 9.89. The molecule has 0 aromatic carbocycles. The largest absolute Gasteiger partial charge is 0.459 e. The van der Waals surface area contributed by atoms with Gasteiger partial charge in [0, 0.05) is 6.54 Å². The Kier molecular flexibility index (Phi) is 5.15. The molecule has 0 atom stereocenters. The topological polar surface area (TPSA) is 81.2 Å². The van der Waals surface area contributed by atoms with Crippen LogP contribution in [0.4, 0.5) is 0 Å². The van der Waals surface area contributed by atoms with Crippen molar-refractivity contribution in [3.05, 3.63) is 18.4 Å². The van der Waals surface area contributed by atoms with Gasteiger partial charge in [0.05, 0.1) is 12.0 Å². The van der Waals surface area contributed by atoms with Gasteiger partial charge in [0.25, 0.3) is 11.1 Å². The number of carbonyl (C=O) groups excluding carboxylic acids is 1. The second-order valence-electron chi connectivity index (χ2n) is 5.45. The minimum atomic E-state index is 0.00771. The number of hydrogen-bond acceptors (Lipinski definition) is 6. The Hall–Kier alpha value is -1.76. The number of aromatic nitrogens is 2. The van der Waals surface area contributed by atoms with E-state index >= 15 is 0 Å². The van der Waals surface area contributed by atoms with Crippen LogP contribution in [0.3, 0.4) is 0 Å². The van der Waals surface area contributed by atoms with Crippen molar-refractivity contribution < 1.29 is 13.6 Å². The maximum atomic E-state index is 11.9. The zero-order valence-corrected chi connectivity index (χ0v) is 13.1. The van der Waals surface area contributed by atoms with Crippen molar-refractivity contribution in [1.29, 1.82) is 0 Å². The highest BCUT2D eigenvalue weighted by Gasteiger charge is 2.15. The molecule has 7 heteroatoms. The second-order valence-corrected chi connectivity index (χ2v) is 6.37. The summed E-state index contributed by atoms with van der Waals surface area (Å²) in [6.07, 6.45) is 7.90. The molecule has 22 heavy (non-hydrogen) atoms. The fourth-order valence-electron chi connectivity index (χ4n) is 2.60. The van der Waals surface area contributed by atoms with Crippen molar-refractivity contribution >= 4 is 17.7 Å². The third kappa shape index (κ3) is 4.13. The van der Waals surface area contributed by atoms with Crippen LogP contribution in [0.2, 0.25) is 0 Å². The molecule has 3 rings (SSSR count). The van der Waals surface area contributed by atoms with Gasteiger partial charge < -0.3 is 14.2 Å². The smallest absolute Gasteiger partial charge is 0.284 e. The number of carbonyl (C=O) groups is 1. The number of nitrogens with one attached hydrogen (secondary N) is 1. The van der Waals surface area contributed by atoms with E-state index in [0.29, 0.717) is 22.8 Å². The van der Waals surface area contributed by atoms with Crippen molar-refractivity contribution in [2.75, 3.05) is 12.3 Å². The summed E-state index contributed by atoms with van der Waals surface area (Å²) >= 11 is 1.24. The van der Waals surface area contributed by atoms with Crippen LogP contribution in [-0.4, -0.2) is 28.4 Å². The standard InChI is InChI=1S/C15H19N3O3S/c19-13(16-9-11-5-2-1-3-6-11)10-22-15-18-17-14(21-15)12-7-4-8-20-12/h4,7-8,11H,1-3,5-6,9-10H2,(H,16,19). The van der Waals surface area contributed by atoms with Gasteiger partial charge in [-0.25, -0.2) is 0 Å². The molecule has 2 aromatic heterocycles. The summed E-state index contributed by atoms with van der Waals surface area (Å²) < 4.78 is 10.6. The number of rotatable bonds is 6. The van der Waals surface area contributed by atoms with Crippen LogP contribution in [0.15, 0.2) is 32.5 Å². The summed E-state index contributed by atoms with van der Waals surface area (Å²) in [7, 11) is 0. The first-order valence-electron chi connectivity index (χ1n) is 7.58. The molecule has 1 amide bonds. The third-order valence-electron chi connectivity index (χ3n) is 3.78. The summed E-state index contributed by atoms with van der Waals surface area (Å²) in [5, 5.41) is 11.2. The summed E-state index contributed by atoms with van der Waals surface area (Å²) in [5.74, 6) is 1.79. The van der Waals surface area contributed by atoms with Crippen molar-refractivity contribution in [3.63, 3.8) is 0 Å². The molecule has 118 valence electrons. The van der Waals surface area contributed by atoms with E-state index in [9.17, 15) is 4.79 Å². The second kappa shape index (κ2) is 7.49. The van der Waals surface area contributed by atoms with Crippen LogP contribution < -0.4 is 5.32 Å². The third-order valence-corrected chi connectivity index (χ3v) is 4.60. The highest BCUT2D eigenvalue weighted by atomic mass is 32.2. The van der Waals surface area contributed by atoms with Crippen molar-refractivity contribution in [1.82, 2.24) is 15.5 Å². The van der Waals surface area contributed by atoms with Crippen LogP contribution in [0, 0.1) is 5.92 Å². The summed E-state index contributed by atoms with van der Waals surface area (Å²) in [4.78, 5) is 11.9. The number of thioether (sulfide) groups is 1. The molecule has 1 N–H and O–H groups in total. The lowest BCUT2D eigenvalue weighted by Crippen LogP contribution is -2.31. The van der Waals surface area contributed by atoms with E-state index in [1.54, 1.807) is 18.4 Å². The average molecular weight is 321 g/mol.